The molecular formula is C14H12O2. The highest BCUT2D eigenvalue weighted by atomic mass is 16.3. The first-order chi connectivity index (χ1) is 7.74. The zero-order valence-corrected chi connectivity index (χ0v) is 8.76. The Labute approximate surface area is 94.2 Å². The van der Waals surface area contributed by atoms with Crippen LogP contribution in [0.5, 0.6) is 0 Å². The zero-order chi connectivity index (χ0) is 11.4. The summed E-state index contributed by atoms with van der Waals surface area (Å²) in [5.41, 5.74) is 1.90. The summed E-state index contributed by atoms with van der Waals surface area (Å²) < 4.78 is 0. The van der Waals surface area contributed by atoms with E-state index in [0.29, 0.717) is 6.42 Å². The Bertz CT molecular complexity index is 479. The lowest BCUT2D eigenvalue weighted by Crippen LogP contribution is -2.01. The first-order valence-corrected chi connectivity index (χ1v) is 5.11. The van der Waals surface area contributed by atoms with Gasteiger partial charge in [0.05, 0.1) is 0 Å². The largest absolute Gasteiger partial charge is 0.508 e. The highest BCUT2D eigenvalue weighted by molar-refractivity contribution is 5.94. The van der Waals surface area contributed by atoms with Crippen LogP contribution in [-0.2, 0) is 4.79 Å². The molecule has 0 saturated heterocycles. The van der Waals surface area contributed by atoms with E-state index in [1.807, 2.05) is 42.5 Å². The van der Waals surface area contributed by atoms with E-state index in [-0.39, 0.29) is 11.5 Å². The summed E-state index contributed by atoms with van der Waals surface area (Å²) in [6, 6.07) is 9.83. The maximum absolute atomic E-state index is 11.2. The Morgan fingerprint density at radius 3 is 2.50 bits per heavy atom. The second-order valence-corrected chi connectivity index (χ2v) is 3.68. The monoisotopic (exact) mass is 212 g/mol. The van der Waals surface area contributed by atoms with Crippen molar-refractivity contribution in [2.75, 3.05) is 0 Å². The van der Waals surface area contributed by atoms with E-state index in [0.717, 1.165) is 11.1 Å². The van der Waals surface area contributed by atoms with Gasteiger partial charge in [-0.3, -0.25) is 4.79 Å². The summed E-state index contributed by atoms with van der Waals surface area (Å²) in [7, 11) is 0. The maximum Gasteiger partial charge on any atom is 0.163 e. The third kappa shape index (κ3) is 2.70. The molecule has 2 rings (SSSR count). The molecule has 0 unspecified atom stereocenters. The molecule has 0 aliphatic heterocycles. The molecule has 0 heterocycles. The lowest BCUT2D eigenvalue weighted by atomic mass is 10.0. The normalized spacial score (nSPS) is 16.1. The van der Waals surface area contributed by atoms with Gasteiger partial charge in [0.15, 0.2) is 5.78 Å². The molecule has 0 fully saturated rings. The second kappa shape index (κ2) is 4.62. The fraction of sp³-hybridized carbons (Fsp3) is 0.0714. The summed E-state index contributed by atoms with van der Waals surface area (Å²) in [4.78, 5) is 11.2. The van der Waals surface area contributed by atoms with E-state index in [1.54, 1.807) is 6.08 Å². The predicted octanol–water partition coefficient (Wildman–Crippen LogP) is 3.04. The van der Waals surface area contributed by atoms with Gasteiger partial charge in [-0.1, -0.05) is 42.5 Å². The van der Waals surface area contributed by atoms with Crippen molar-refractivity contribution in [3.63, 3.8) is 0 Å². The molecule has 0 aromatic heterocycles. The highest BCUT2D eigenvalue weighted by Gasteiger charge is 2.08. The van der Waals surface area contributed by atoms with Gasteiger partial charge in [-0.15, -0.1) is 0 Å². The van der Waals surface area contributed by atoms with Crippen LogP contribution in [0.15, 0.2) is 59.9 Å². The summed E-state index contributed by atoms with van der Waals surface area (Å²) >= 11 is 0. The first-order valence-electron chi connectivity index (χ1n) is 5.11. The number of carbonyl (C=O) groups excluding carboxylic acids is 1. The average molecular weight is 212 g/mol. The van der Waals surface area contributed by atoms with E-state index in [9.17, 15) is 9.90 Å². The fourth-order valence-corrected chi connectivity index (χ4v) is 1.57. The molecule has 80 valence electrons. The van der Waals surface area contributed by atoms with Crippen LogP contribution in [-0.4, -0.2) is 10.9 Å². The van der Waals surface area contributed by atoms with Gasteiger partial charge in [-0.2, -0.15) is 0 Å². The number of hydrogen-bond acceptors (Lipinski definition) is 2. The van der Waals surface area contributed by atoms with Crippen LogP contribution in [0.2, 0.25) is 0 Å². The van der Waals surface area contributed by atoms with E-state index in [1.165, 1.54) is 6.08 Å². The van der Waals surface area contributed by atoms with Gasteiger partial charge in [0.1, 0.15) is 5.76 Å². The lowest BCUT2D eigenvalue weighted by Gasteiger charge is -2.05. The van der Waals surface area contributed by atoms with Gasteiger partial charge in [0, 0.05) is 12.5 Å². The number of aliphatic hydroxyl groups is 1. The molecule has 2 nitrogen and oxygen atoms in total. The Balaban J connectivity index is 2.14. The minimum absolute atomic E-state index is 0.0314. The molecule has 1 aromatic carbocycles. The maximum atomic E-state index is 11.2. The molecule has 1 aliphatic carbocycles. The van der Waals surface area contributed by atoms with Crippen molar-refractivity contribution in [2.45, 2.75) is 6.42 Å². The smallest absolute Gasteiger partial charge is 0.163 e. The SMILES string of the molecule is O=C1C=C(O)C=C(/C=C/c2ccccc2)C1. The molecule has 16 heavy (non-hydrogen) atoms. The summed E-state index contributed by atoms with van der Waals surface area (Å²) in [5, 5.41) is 9.28. The topological polar surface area (TPSA) is 37.3 Å². The third-order valence-electron chi connectivity index (χ3n) is 2.31. The lowest BCUT2D eigenvalue weighted by molar-refractivity contribution is -0.114. The van der Waals surface area contributed by atoms with Crippen molar-refractivity contribution in [3.05, 3.63) is 65.5 Å². The number of aliphatic hydroxyl groups excluding tert-OH is 1. The Morgan fingerprint density at radius 1 is 1.06 bits per heavy atom. The van der Waals surface area contributed by atoms with Crippen molar-refractivity contribution in [1.82, 2.24) is 0 Å². The molecule has 0 bridgehead atoms. The van der Waals surface area contributed by atoms with Gasteiger partial charge in [-0.05, 0) is 17.2 Å². The van der Waals surface area contributed by atoms with Gasteiger partial charge in [-0.25, -0.2) is 0 Å². The van der Waals surface area contributed by atoms with E-state index in [4.69, 9.17) is 0 Å². The molecular weight excluding hydrogens is 200 g/mol. The van der Waals surface area contributed by atoms with Crippen LogP contribution in [0.25, 0.3) is 6.08 Å². The zero-order valence-electron chi connectivity index (χ0n) is 8.76. The Morgan fingerprint density at radius 2 is 1.81 bits per heavy atom. The van der Waals surface area contributed by atoms with Crippen molar-refractivity contribution < 1.29 is 9.90 Å². The summed E-state index contributed by atoms with van der Waals surface area (Å²) in [5.74, 6) is -0.0309. The van der Waals surface area contributed by atoms with Gasteiger partial charge >= 0.3 is 0 Å². The molecule has 0 radical (unpaired) electrons. The van der Waals surface area contributed by atoms with Crippen LogP contribution in [0.4, 0.5) is 0 Å². The number of hydrogen-bond donors (Lipinski definition) is 1. The van der Waals surface area contributed by atoms with E-state index < -0.39 is 0 Å². The van der Waals surface area contributed by atoms with Gasteiger partial charge in [0.2, 0.25) is 0 Å². The molecule has 2 heteroatoms. The Hall–Kier alpha value is -2.09. The van der Waals surface area contributed by atoms with Crippen LogP contribution in [0, 0.1) is 0 Å². The van der Waals surface area contributed by atoms with E-state index >= 15 is 0 Å². The van der Waals surface area contributed by atoms with Crippen LogP contribution in [0.3, 0.4) is 0 Å². The Kier molecular flexibility index (Phi) is 3.01. The number of ketones is 1. The number of allylic oxidation sites excluding steroid dienone is 4. The fourth-order valence-electron chi connectivity index (χ4n) is 1.57. The minimum Gasteiger partial charge on any atom is -0.508 e. The van der Waals surface area contributed by atoms with Crippen molar-refractivity contribution >= 4 is 11.9 Å². The predicted molar refractivity (Wildman–Crippen MR) is 63.9 cm³/mol. The molecule has 1 aromatic rings. The number of benzene rings is 1. The summed E-state index contributed by atoms with van der Waals surface area (Å²) in [6.45, 7) is 0. The van der Waals surface area contributed by atoms with Crippen LogP contribution < -0.4 is 0 Å². The highest BCUT2D eigenvalue weighted by Crippen LogP contribution is 2.15. The molecule has 1 aliphatic rings. The number of rotatable bonds is 2. The molecule has 0 saturated carbocycles. The van der Waals surface area contributed by atoms with E-state index in [2.05, 4.69) is 0 Å². The molecule has 1 N–H and O–H groups in total. The second-order valence-electron chi connectivity index (χ2n) is 3.68. The quantitative estimate of drug-likeness (QED) is 0.818. The van der Waals surface area contributed by atoms with Crippen LogP contribution >= 0.6 is 0 Å². The van der Waals surface area contributed by atoms with Crippen molar-refractivity contribution in [1.29, 1.82) is 0 Å². The third-order valence-corrected chi connectivity index (χ3v) is 2.31. The minimum atomic E-state index is -0.0623. The first kappa shape index (κ1) is 10.4. The average Bonchev–Trinajstić information content (AvgIpc) is 2.27. The van der Waals surface area contributed by atoms with Gasteiger partial charge < -0.3 is 5.11 Å². The van der Waals surface area contributed by atoms with Gasteiger partial charge in [0.25, 0.3) is 0 Å². The number of carbonyl (C=O) groups is 1. The van der Waals surface area contributed by atoms with Crippen LogP contribution in [0.1, 0.15) is 12.0 Å². The molecule has 0 amide bonds. The molecule has 0 atom stereocenters. The van der Waals surface area contributed by atoms with Crippen molar-refractivity contribution in [2.24, 2.45) is 0 Å². The molecule has 0 spiro atoms. The standard InChI is InChI=1S/C14H12O2/c15-13-8-12(9-14(16)10-13)7-6-11-4-2-1-3-5-11/h1-8,10,15H,9H2/b7-6+. The van der Waals surface area contributed by atoms with Crippen molar-refractivity contribution in [3.8, 4) is 0 Å². The summed E-state index contributed by atoms with van der Waals surface area (Å²) in [6.07, 6.45) is 7.00.